The second-order valence-corrected chi connectivity index (χ2v) is 6.11. The summed E-state index contributed by atoms with van der Waals surface area (Å²) in [6, 6.07) is 12.1. The molecule has 0 aliphatic carbocycles. The molecule has 0 aliphatic heterocycles. The third kappa shape index (κ3) is 5.12. The predicted molar refractivity (Wildman–Crippen MR) is 95.5 cm³/mol. The van der Waals surface area contributed by atoms with Crippen LogP contribution in [-0.4, -0.2) is 17.9 Å². The van der Waals surface area contributed by atoms with Crippen molar-refractivity contribution in [2.75, 3.05) is 5.32 Å². The van der Waals surface area contributed by atoms with Crippen LogP contribution in [0.5, 0.6) is 0 Å². The number of anilines is 1. The molecule has 0 aliphatic rings. The summed E-state index contributed by atoms with van der Waals surface area (Å²) in [5.74, 6) is -0.919. The largest absolute Gasteiger partial charge is 0.348 e. The summed E-state index contributed by atoms with van der Waals surface area (Å²) in [4.78, 5) is 24.0. The van der Waals surface area contributed by atoms with Gasteiger partial charge in [-0.2, -0.15) is 0 Å². The molecule has 132 valence electrons. The van der Waals surface area contributed by atoms with E-state index in [2.05, 4.69) is 10.6 Å². The van der Waals surface area contributed by atoms with E-state index in [1.807, 2.05) is 13.8 Å². The van der Waals surface area contributed by atoms with E-state index in [9.17, 15) is 14.0 Å². The van der Waals surface area contributed by atoms with Gasteiger partial charge in [0.25, 0.3) is 5.91 Å². The molecule has 0 unspecified atom stereocenters. The normalized spacial score (nSPS) is 11.9. The lowest BCUT2D eigenvalue weighted by Gasteiger charge is -2.15. The van der Waals surface area contributed by atoms with E-state index < -0.39 is 6.04 Å². The van der Waals surface area contributed by atoms with E-state index in [4.69, 9.17) is 5.73 Å². The van der Waals surface area contributed by atoms with E-state index in [0.717, 1.165) is 0 Å². The van der Waals surface area contributed by atoms with Gasteiger partial charge >= 0.3 is 0 Å². The topological polar surface area (TPSA) is 84.2 Å². The summed E-state index contributed by atoms with van der Waals surface area (Å²) >= 11 is 0. The smallest absolute Gasteiger partial charge is 0.251 e. The lowest BCUT2D eigenvalue weighted by Crippen LogP contribution is -2.39. The maximum absolute atomic E-state index is 13.5. The molecule has 0 aromatic heterocycles. The van der Waals surface area contributed by atoms with Crippen molar-refractivity contribution in [1.82, 2.24) is 5.32 Å². The van der Waals surface area contributed by atoms with Gasteiger partial charge in [0.15, 0.2) is 0 Å². The minimum Gasteiger partial charge on any atom is -0.348 e. The van der Waals surface area contributed by atoms with Crippen LogP contribution in [0.3, 0.4) is 0 Å². The maximum atomic E-state index is 13.5. The minimum absolute atomic E-state index is 0.0310. The van der Waals surface area contributed by atoms with Crippen LogP contribution in [0.2, 0.25) is 0 Å². The second-order valence-electron chi connectivity index (χ2n) is 6.11. The van der Waals surface area contributed by atoms with E-state index in [1.54, 1.807) is 42.5 Å². The molecule has 0 heterocycles. The molecule has 0 spiro atoms. The zero-order chi connectivity index (χ0) is 18.4. The summed E-state index contributed by atoms with van der Waals surface area (Å²) < 4.78 is 13.5. The lowest BCUT2D eigenvalue weighted by atomic mass is 10.0. The molecule has 2 rings (SSSR count). The Hall–Kier alpha value is -2.73. The highest BCUT2D eigenvalue weighted by Gasteiger charge is 2.17. The minimum atomic E-state index is -0.594. The first-order chi connectivity index (χ1) is 11.9. The van der Waals surface area contributed by atoms with Crippen LogP contribution >= 0.6 is 0 Å². The second kappa shape index (κ2) is 8.39. The molecule has 4 N–H and O–H groups in total. The molecule has 2 aromatic rings. The van der Waals surface area contributed by atoms with Crippen LogP contribution < -0.4 is 16.4 Å². The van der Waals surface area contributed by atoms with Crippen molar-refractivity contribution in [3.8, 4) is 0 Å². The molecule has 0 saturated heterocycles. The lowest BCUT2D eigenvalue weighted by molar-refractivity contribution is -0.118. The molecule has 0 saturated carbocycles. The van der Waals surface area contributed by atoms with Crippen molar-refractivity contribution >= 4 is 17.5 Å². The molecule has 6 heteroatoms. The molecule has 5 nitrogen and oxygen atoms in total. The summed E-state index contributed by atoms with van der Waals surface area (Å²) in [6.45, 7) is 3.84. The number of carbonyl (C=O) groups is 2. The van der Waals surface area contributed by atoms with Gasteiger partial charge in [-0.3, -0.25) is 9.59 Å². The molecule has 2 aromatic carbocycles. The number of hydrogen-bond acceptors (Lipinski definition) is 3. The Labute approximate surface area is 146 Å². The third-order valence-electron chi connectivity index (χ3n) is 3.83. The molecule has 0 radical (unpaired) electrons. The van der Waals surface area contributed by atoms with Gasteiger partial charge in [-0.1, -0.05) is 32.0 Å². The summed E-state index contributed by atoms with van der Waals surface area (Å²) in [5.41, 5.74) is 7.19. The number of carbonyl (C=O) groups excluding carboxylic acids is 2. The molecule has 1 atom stereocenters. The van der Waals surface area contributed by atoms with Crippen LogP contribution in [0.4, 0.5) is 10.1 Å². The monoisotopic (exact) mass is 343 g/mol. The highest BCUT2D eigenvalue weighted by Crippen LogP contribution is 2.12. The Morgan fingerprint density at radius 1 is 1.08 bits per heavy atom. The molecule has 2 amide bonds. The Balaban J connectivity index is 1.94. The van der Waals surface area contributed by atoms with Crippen molar-refractivity contribution in [2.24, 2.45) is 11.7 Å². The zero-order valence-electron chi connectivity index (χ0n) is 14.3. The molecule has 0 bridgehead atoms. The first-order valence-corrected chi connectivity index (χ1v) is 8.06. The zero-order valence-corrected chi connectivity index (χ0v) is 14.3. The Kier molecular flexibility index (Phi) is 6.25. The fourth-order valence-electron chi connectivity index (χ4n) is 2.15. The third-order valence-corrected chi connectivity index (χ3v) is 3.83. The Morgan fingerprint density at radius 2 is 1.72 bits per heavy atom. The number of benzene rings is 2. The van der Waals surface area contributed by atoms with Crippen molar-refractivity contribution in [3.05, 3.63) is 65.5 Å². The van der Waals surface area contributed by atoms with Crippen molar-refractivity contribution < 1.29 is 14.0 Å². The maximum Gasteiger partial charge on any atom is 0.251 e. The average Bonchev–Trinajstić information content (AvgIpc) is 2.60. The van der Waals surface area contributed by atoms with Crippen LogP contribution in [-0.2, 0) is 11.3 Å². The quantitative estimate of drug-likeness (QED) is 0.754. The summed E-state index contributed by atoms with van der Waals surface area (Å²) in [6.07, 6.45) is 0. The standard InChI is InChI=1S/C19H22FN3O2/c1-12(2)17(21)19(25)23-15-9-7-13(8-10-15)18(24)22-11-14-5-3-4-6-16(14)20/h3-10,12,17H,11,21H2,1-2H3,(H,22,24)(H,23,25)/t17-/m0/s1. The fourth-order valence-corrected chi connectivity index (χ4v) is 2.15. The fraction of sp³-hybridized carbons (Fsp3) is 0.263. The first-order valence-electron chi connectivity index (χ1n) is 8.06. The van der Waals surface area contributed by atoms with Gasteiger partial charge in [0.1, 0.15) is 5.82 Å². The number of nitrogens with two attached hydrogens (primary N) is 1. The van der Waals surface area contributed by atoms with Gasteiger partial charge < -0.3 is 16.4 Å². The van der Waals surface area contributed by atoms with Crippen molar-refractivity contribution in [1.29, 1.82) is 0 Å². The molecule has 25 heavy (non-hydrogen) atoms. The number of nitrogens with one attached hydrogen (secondary N) is 2. The SMILES string of the molecule is CC(C)[C@H](N)C(=O)Nc1ccc(C(=O)NCc2ccccc2F)cc1. The Bertz CT molecular complexity index is 745. The summed E-state index contributed by atoms with van der Waals surface area (Å²) in [5, 5.41) is 5.37. The van der Waals surface area contributed by atoms with Gasteiger partial charge in [0.05, 0.1) is 6.04 Å². The highest BCUT2D eigenvalue weighted by molar-refractivity contribution is 5.97. The number of halogens is 1. The van der Waals surface area contributed by atoms with Crippen molar-refractivity contribution in [2.45, 2.75) is 26.4 Å². The van der Waals surface area contributed by atoms with Crippen LogP contribution in [0.1, 0.15) is 29.8 Å². The van der Waals surface area contributed by atoms with Gasteiger partial charge in [0.2, 0.25) is 5.91 Å². The van der Waals surface area contributed by atoms with Crippen LogP contribution in [0, 0.1) is 11.7 Å². The molecular weight excluding hydrogens is 321 g/mol. The summed E-state index contributed by atoms with van der Waals surface area (Å²) in [7, 11) is 0. The van der Waals surface area contributed by atoms with Crippen LogP contribution in [0.25, 0.3) is 0 Å². The van der Waals surface area contributed by atoms with Gasteiger partial charge in [-0.15, -0.1) is 0 Å². The van der Waals surface area contributed by atoms with Gasteiger partial charge in [0, 0.05) is 23.4 Å². The van der Waals surface area contributed by atoms with Crippen molar-refractivity contribution in [3.63, 3.8) is 0 Å². The molecular formula is C19H22FN3O2. The predicted octanol–water partition coefficient (Wildman–Crippen LogP) is 2.68. The van der Waals surface area contributed by atoms with Gasteiger partial charge in [-0.25, -0.2) is 4.39 Å². The number of amides is 2. The highest BCUT2D eigenvalue weighted by atomic mass is 19.1. The van der Waals surface area contributed by atoms with Gasteiger partial charge in [-0.05, 0) is 36.2 Å². The van der Waals surface area contributed by atoms with E-state index in [0.29, 0.717) is 16.8 Å². The number of hydrogen-bond donors (Lipinski definition) is 3. The first kappa shape index (κ1) is 18.6. The van der Waals surface area contributed by atoms with Crippen LogP contribution in [0.15, 0.2) is 48.5 Å². The molecule has 0 fully saturated rings. The van der Waals surface area contributed by atoms with E-state index >= 15 is 0 Å². The van der Waals surface area contributed by atoms with E-state index in [1.165, 1.54) is 6.07 Å². The number of rotatable bonds is 6. The Morgan fingerprint density at radius 3 is 2.32 bits per heavy atom. The average molecular weight is 343 g/mol. The van der Waals surface area contributed by atoms with E-state index in [-0.39, 0.29) is 30.1 Å².